The lowest BCUT2D eigenvalue weighted by Crippen LogP contribution is -2.63. The summed E-state index contributed by atoms with van der Waals surface area (Å²) in [5, 5.41) is 11.1. The molecule has 154 valence electrons. The molecule has 5 rings (SSSR count). The maximum atomic E-state index is 11.1. The number of aliphatic hydroxyl groups is 1. The second kappa shape index (κ2) is 9.56. The molecule has 6 unspecified atom stereocenters. The summed E-state index contributed by atoms with van der Waals surface area (Å²) in [6.45, 7) is 16.6. The van der Waals surface area contributed by atoms with Crippen molar-refractivity contribution in [3.05, 3.63) is 35.4 Å². The summed E-state index contributed by atoms with van der Waals surface area (Å²) >= 11 is 0. The molecule has 0 radical (unpaired) electrons. The van der Waals surface area contributed by atoms with Gasteiger partial charge in [0.1, 0.15) is 0 Å². The predicted octanol–water partition coefficient (Wildman–Crippen LogP) is 6.20. The van der Waals surface area contributed by atoms with E-state index >= 15 is 0 Å². The molecule has 6 atom stereocenters. The van der Waals surface area contributed by atoms with Gasteiger partial charge in [0.05, 0.1) is 5.60 Å². The van der Waals surface area contributed by atoms with Crippen molar-refractivity contribution in [2.24, 2.45) is 11.8 Å². The van der Waals surface area contributed by atoms with Crippen molar-refractivity contribution in [2.75, 3.05) is 13.1 Å². The Labute approximate surface area is 168 Å². The Morgan fingerprint density at radius 3 is 2.11 bits per heavy atom. The van der Waals surface area contributed by atoms with Crippen LogP contribution >= 0.6 is 0 Å². The first kappa shape index (κ1) is 22.4. The highest BCUT2D eigenvalue weighted by molar-refractivity contribution is 5.43. The first-order valence-corrected chi connectivity index (χ1v) is 11.7. The van der Waals surface area contributed by atoms with Gasteiger partial charge in [-0.1, -0.05) is 65.8 Å². The highest BCUT2D eigenvalue weighted by atomic mass is 16.3. The molecular weight excluding hydrogens is 330 g/mol. The molecule has 2 saturated heterocycles. The summed E-state index contributed by atoms with van der Waals surface area (Å²) in [7, 11) is 0. The average Bonchev–Trinajstić information content (AvgIpc) is 3.06. The SMILES string of the molecule is CC.CC.CC.CC1(O)CC2c3ccccc3C3CCN4CCCC1C4C32. The van der Waals surface area contributed by atoms with Gasteiger partial charge in [-0.25, -0.2) is 0 Å². The molecule has 27 heavy (non-hydrogen) atoms. The van der Waals surface area contributed by atoms with Gasteiger partial charge in [0, 0.05) is 12.0 Å². The highest BCUT2D eigenvalue weighted by Crippen LogP contribution is 2.62. The van der Waals surface area contributed by atoms with Crippen LogP contribution in [0.4, 0.5) is 0 Å². The van der Waals surface area contributed by atoms with Crippen LogP contribution < -0.4 is 0 Å². The predicted molar refractivity (Wildman–Crippen MR) is 117 cm³/mol. The van der Waals surface area contributed by atoms with E-state index in [1.807, 2.05) is 41.5 Å². The van der Waals surface area contributed by atoms with Gasteiger partial charge in [0.15, 0.2) is 0 Å². The Balaban J connectivity index is 0.000000400. The van der Waals surface area contributed by atoms with Gasteiger partial charge < -0.3 is 5.11 Å². The largest absolute Gasteiger partial charge is 0.390 e. The van der Waals surface area contributed by atoms with E-state index in [0.717, 1.165) is 18.3 Å². The van der Waals surface area contributed by atoms with E-state index in [-0.39, 0.29) is 0 Å². The lowest BCUT2D eigenvalue weighted by molar-refractivity contribution is -0.135. The summed E-state index contributed by atoms with van der Waals surface area (Å²) in [4.78, 5) is 2.72. The molecule has 1 aromatic rings. The third-order valence-corrected chi connectivity index (χ3v) is 7.07. The third-order valence-electron chi connectivity index (χ3n) is 7.07. The van der Waals surface area contributed by atoms with Gasteiger partial charge >= 0.3 is 0 Å². The van der Waals surface area contributed by atoms with E-state index in [4.69, 9.17) is 0 Å². The van der Waals surface area contributed by atoms with Gasteiger partial charge in [-0.3, -0.25) is 4.90 Å². The molecule has 0 bridgehead atoms. The molecule has 2 heterocycles. The molecule has 0 aromatic heterocycles. The molecule has 0 amide bonds. The molecule has 0 spiro atoms. The van der Waals surface area contributed by atoms with Crippen molar-refractivity contribution in [1.29, 1.82) is 0 Å². The molecule has 2 heteroatoms. The summed E-state index contributed by atoms with van der Waals surface area (Å²) in [5.41, 5.74) is 2.68. The van der Waals surface area contributed by atoms with Crippen molar-refractivity contribution >= 4 is 0 Å². The second-order valence-corrected chi connectivity index (χ2v) is 8.04. The van der Waals surface area contributed by atoms with E-state index in [1.54, 1.807) is 11.1 Å². The van der Waals surface area contributed by atoms with E-state index < -0.39 is 5.60 Å². The minimum atomic E-state index is -0.482. The highest BCUT2D eigenvalue weighted by Gasteiger charge is 2.59. The molecule has 3 fully saturated rings. The summed E-state index contributed by atoms with van der Waals surface area (Å²) in [5.74, 6) is 2.60. The average molecular weight is 374 g/mol. The Morgan fingerprint density at radius 2 is 1.48 bits per heavy atom. The summed E-state index contributed by atoms with van der Waals surface area (Å²) in [6.07, 6.45) is 4.79. The van der Waals surface area contributed by atoms with Crippen LogP contribution in [-0.2, 0) is 0 Å². The maximum absolute atomic E-state index is 11.1. The zero-order valence-electron chi connectivity index (χ0n) is 18.8. The first-order chi connectivity index (χ1) is 13.2. The van der Waals surface area contributed by atoms with E-state index in [0.29, 0.717) is 17.9 Å². The van der Waals surface area contributed by atoms with E-state index in [2.05, 4.69) is 36.1 Å². The number of piperidine rings is 2. The second-order valence-electron chi connectivity index (χ2n) is 8.04. The molecular formula is C25H43NO. The number of fused-ring (bicyclic) bond motifs is 3. The minimum absolute atomic E-state index is 0.482. The Morgan fingerprint density at radius 1 is 0.889 bits per heavy atom. The van der Waals surface area contributed by atoms with Gasteiger partial charge in [-0.05, 0) is 74.6 Å². The number of hydrogen-bond donors (Lipinski definition) is 1. The van der Waals surface area contributed by atoms with Crippen molar-refractivity contribution in [1.82, 2.24) is 4.90 Å². The van der Waals surface area contributed by atoms with Gasteiger partial charge in [0.25, 0.3) is 0 Å². The quantitative estimate of drug-likeness (QED) is 0.585. The number of rotatable bonds is 0. The van der Waals surface area contributed by atoms with Crippen LogP contribution in [0.5, 0.6) is 0 Å². The van der Waals surface area contributed by atoms with Crippen LogP contribution in [-0.4, -0.2) is 34.7 Å². The zero-order chi connectivity index (χ0) is 20.2. The fourth-order valence-corrected chi connectivity index (χ4v) is 6.39. The van der Waals surface area contributed by atoms with Crippen LogP contribution in [0.1, 0.15) is 97.1 Å². The van der Waals surface area contributed by atoms with Crippen molar-refractivity contribution in [2.45, 2.75) is 97.6 Å². The lowest BCUT2D eigenvalue weighted by Gasteiger charge is -2.58. The molecule has 2 nitrogen and oxygen atoms in total. The zero-order valence-corrected chi connectivity index (χ0v) is 18.8. The molecule has 2 aliphatic heterocycles. The lowest BCUT2D eigenvalue weighted by atomic mass is 9.57. The summed E-state index contributed by atoms with van der Waals surface area (Å²) < 4.78 is 0. The van der Waals surface area contributed by atoms with Crippen LogP contribution in [0, 0.1) is 11.8 Å². The standard InChI is InChI=1S/C19H25NO.3C2H6/c1-19(21)11-15-13-6-3-2-5-12(13)14-8-10-20-9-4-7-16(19)18(20)17(14)15;3*1-2/h2-3,5-6,14-18,21H,4,7-11H2,1H3;3*1-2H3. The first-order valence-electron chi connectivity index (χ1n) is 11.7. The number of hydrogen-bond acceptors (Lipinski definition) is 2. The monoisotopic (exact) mass is 373 g/mol. The van der Waals surface area contributed by atoms with Gasteiger partial charge in [-0.2, -0.15) is 0 Å². The minimum Gasteiger partial charge on any atom is -0.390 e. The maximum Gasteiger partial charge on any atom is 0.0668 e. The van der Waals surface area contributed by atoms with Gasteiger partial charge in [0.2, 0.25) is 0 Å². The Bertz CT molecular complexity index is 581. The van der Waals surface area contributed by atoms with Crippen LogP contribution in [0.3, 0.4) is 0 Å². The van der Waals surface area contributed by atoms with E-state index in [9.17, 15) is 5.11 Å². The fraction of sp³-hybridized carbons (Fsp3) is 0.760. The molecule has 2 aliphatic carbocycles. The molecule has 1 N–H and O–H groups in total. The third kappa shape index (κ3) is 3.72. The topological polar surface area (TPSA) is 23.5 Å². The van der Waals surface area contributed by atoms with Crippen LogP contribution in [0.2, 0.25) is 0 Å². The number of benzene rings is 1. The van der Waals surface area contributed by atoms with Crippen LogP contribution in [0.15, 0.2) is 24.3 Å². The van der Waals surface area contributed by atoms with Crippen molar-refractivity contribution in [3.8, 4) is 0 Å². The smallest absolute Gasteiger partial charge is 0.0668 e. The van der Waals surface area contributed by atoms with Gasteiger partial charge in [-0.15, -0.1) is 0 Å². The molecule has 1 aromatic carbocycles. The molecule has 4 aliphatic rings. The van der Waals surface area contributed by atoms with E-state index in [1.165, 1.54) is 32.4 Å². The van der Waals surface area contributed by atoms with Crippen molar-refractivity contribution < 1.29 is 5.11 Å². The summed E-state index contributed by atoms with van der Waals surface area (Å²) in [6, 6.07) is 9.72. The Kier molecular flexibility index (Phi) is 7.94. The normalized spacial score (nSPS) is 37.9. The Hall–Kier alpha value is -0.860. The fourth-order valence-electron chi connectivity index (χ4n) is 6.39. The van der Waals surface area contributed by atoms with Crippen LogP contribution in [0.25, 0.3) is 0 Å². The number of nitrogens with zero attached hydrogens (tertiary/aromatic N) is 1. The molecule has 1 saturated carbocycles. The van der Waals surface area contributed by atoms with Crippen molar-refractivity contribution in [3.63, 3.8) is 0 Å².